The molecule has 0 atom stereocenters. The Morgan fingerprint density at radius 1 is 1.45 bits per heavy atom. The average Bonchev–Trinajstić information content (AvgIpc) is 1.87. The van der Waals surface area contributed by atoms with Gasteiger partial charge in [0.25, 0.3) is 0 Å². The normalized spacial score (nSPS) is 10.2. The van der Waals surface area contributed by atoms with Crippen molar-refractivity contribution in [2.75, 3.05) is 0 Å². The molecule has 0 spiro atoms. The molecule has 0 saturated carbocycles. The SMILES string of the molecule is CCCCC(C(N)N)=S(=O)=O. The molecular weight excluding hydrogens is 164 g/mol. The number of unbranched alkanes of at least 4 members (excludes halogenated alkanes) is 1. The Kier molecular flexibility index (Phi) is 5.10. The molecule has 66 valence electrons. The molecule has 0 aromatic heterocycles. The zero-order valence-corrected chi connectivity index (χ0v) is 7.39. The van der Waals surface area contributed by atoms with Gasteiger partial charge in [0.1, 0.15) is 0 Å². The van der Waals surface area contributed by atoms with Crippen LogP contribution >= 0.6 is 0 Å². The second-order valence-corrected chi connectivity index (χ2v) is 3.32. The van der Waals surface area contributed by atoms with E-state index in [4.69, 9.17) is 11.5 Å². The van der Waals surface area contributed by atoms with Crippen LogP contribution in [0, 0.1) is 0 Å². The maximum absolute atomic E-state index is 10.4. The summed E-state index contributed by atoms with van der Waals surface area (Å²) < 4.78 is 20.9. The first-order valence-electron chi connectivity index (χ1n) is 3.55. The van der Waals surface area contributed by atoms with Crippen LogP contribution in [0.3, 0.4) is 0 Å². The third-order valence-corrected chi connectivity index (χ3v) is 2.27. The van der Waals surface area contributed by atoms with Gasteiger partial charge in [-0.3, -0.25) is 0 Å². The second-order valence-electron chi connectivity index (χ2n) is 2.33. The molecule has 0 unspecified atom stereocenters. The van der Waals surface area contributed by atoms with Gasteiger partial charge >= 0.3 is 0 Å². The summed E-state index contributed by atoms with van der Waals surface area (Å²) in [6.07, 6.45) is 1.39. The predicted molar refractivity (Wildman–Crippen MR) is 45.6 cm³/mol. The van der Waals surface area contributed by atoms with Crippen molar-refractivity contribution in [1.82, 2.24) is 0 Å². The standard InChI is InChI=1S/C6H14N2O2S/c1-2-3-4-5(6(7)8)11(9)10/h6H,2-4,7-8H2,1H3. The lowest BCUT2D eigenvalue weighted by Crippen LogP contribution is -2.39. The molecular formula is C6H14N2O2S. The lowest BCUT2D eigenvalue weighted by Gasteiger charge is -2.04. The molecule has 0 radical (unpaired) electrons. The zero-order valence-electron chi connectivity index (χ0n) is 6.58. The lowest BCUT2D eigenvalue weighted by molar-refractivity contribution is 0.625. The van der Waals surface area contributed by atoms with E-state index in [9.17, 15) is 8.42 Å². The van der Waals surface area contributed by atoms with Gasteiger partial charge in [-0.15, -0.1) is 0 Å². The summed E-state index contributed by atoms with van der Waals surface area (Å²) in [6, 6.07) is 0. The second kappa shape index (κ2) is 5.29. The molecule has 5 heteroatoms. The third kappa shape index (κ3) is 4.13. The molecule has 4 nitrogen and oxygen atoms in total. The Labute approximate surface area is 68.1 Å². The molecule has 4 N–H and O–H groups in total. The first-order chi connectivity index (χ1) is 5.09. The van der Waals surface area contributed by atoms with Gasteiger partial charge in [-0.25, -0.2) is 0 Å². The molecule has 0 heterocycles. The fourth-order valence-corrected chi connectivity index (χ4v) is 1.25. The summed E-state index contributed by atoms with van der Waals surface area (Å²) in [4.78, 5) is 0.215. The fourth-order valence-electron chi connectivity index (χ4n) is 0.712. The van der Waals surface area contributed by atoms with Crippen molar-refractivity contribution in [1.29, 1.82) is 0 Å². The zero-order chi connectivity index (χ0) is 8.85. The van der Waals surface area contributed by atoms with Gasteiger partial charge in [0.05, 0.1) is 11.0 Å². The summed E-state index contributed by atoms with van der Waals surface area (Å²) in [5, 5.41) is 0. The molecule has 0 saturated heterocycles. The minimum Gasteiger partial charge on any atom is -0.312 e. The van der Waals surface area contributed by atoms with Crippen LogP contribution in [0.1, 0.15) is 26.2 Å². The van der Waals surface area contributed by atoms with Crippen LogP contribution in [0.15, 0.2) is 0 Å². The lowest BCUT2D eigenvalue weighted by atomic mass is 10.2. The maximum atomic E-state index is 10.4. The van der Waals surface area contributed by atoms with E-state index in [1.807, 2.05) is 6.92 Å². The molecule has 0 aliphatic rings. The van der Waals surface area contributed by atoms with Gasteiger partial charge < -0.3 is 11.5 Å². The van der Waals surface area contributed by atoms with E-state index in [-0.39, 0.29) is 4.86 Å². The minimum atomic E-state index is -2.22. The van der Waals surface area contributed by atoms with E-state index in [0.717, 1.165) is 12.8 Å². The van der Waals surface area contributed by atoms with Crippen LogP contribution in [0.4, 0.5) is 0 Å². The summed E-state index contributed by atoms with van der Waals surface area (Å²) in [5.74, 6) is 0. The Balaban J connectivity index is 4.28. The molecule has 11 heavy (non-hydrogen) atoms. The van der Waals surface area contributed by atoms with E-state index in [0.29, 0.717) is 6.42 Å². The van der Waals surface area contributed by atoms with Crippen molar-refractivity contribution in [3.05, 3.63) is 0 Å². The molecule has 0 aliphatic heterocycles. The van der Waals surface area contributed by atoms with Crippen molar-refractivity contribution < 1.29 is 8.42 Å². The van der Waals surface area contributed by atoms with Crippen LogP contribution in [-0.4, -0.2) is 19.4 Å². The van der Waals surface area contributed by atoms with Crippen LogP contribution in [0.2, 0.25) is 0 Å². The summed E-state index contributed by atoms with van der Waals surface area (Å²) >= 11 is 0. The van der Waals surface area contributed by atoms with Crippen LogP contribution < -0.4 is 11.5 Å². The van der Waals surface area contributed by atoms with Gasteiger partial charge in [0.15, 0.2) is 0 Å². The number of hydrogen-bond donors (Lipinski definition) is 2. The van der Waals surface area contributed by atoms with Crippen LogP contribution in [0.5, 0.6) is 0 Å². The highest BCUT2D eigenvalue weighted by Crippen LogP contribution is 1.96. The number of hydrogen-bond acceptors (Lipinski definition) is 4. The Morgan fingerprint density at radius 3 is 2.27 bits per heavy atom. The van der Waals surface area contributed by atoms with Crippen LogP contribution in [-0.2, 0) is 10.3 Å². The van der Waals surface area contributed by atoms with Crippen molar-refractivity contribution >= 4 is 15.2 Å². The molecule has 0 aromatic rings. The fraction of sp³-hybridized carbons (Fsp3) is 0.833. The monoisotopic (exact) mass is 178 g/mol. The van der Waals surface area contributed by atoms with E-state index in [2.05, 4.69) is 0 Å². The molecule has 0 bridgehead atoms. The Bertz CT molecular complexity index is 223. The first kappa shape index (κ1) is 10.6. The Morgan fingerprint density at radius 2 is 2.00 bits per heavy atom. The predicted octanol–water partition coefficient (Wildman–Crippen LogP) is -0.528. The minimum absolute atomic E-state index is 0.215. The number of nitrogens with two attached hydrogens (primary N) is 2. The van der Waals surface area contributed by atoms with Gasteiger partial charge in [-0.05, 0) is 12.8 Å². The molecule has 0 amide bonds. The topological polar surface area (TPSA) is 86.2 Å². The van der Waals surface area contributed by atoms with E-state index >= 15 is 0 Å². The quantitative estimate of drug-likeness (QED) is 0.447. The highest BCUT2D eigenvalue weighted by atomic mass is 32.2. The van der Waals surface area contributed by atoms with E-state index in [1.165, 1.54) is 0 Å². The van der Waals surface area contributed by atoms with E-state index < -0.39 is 16.5 Å². The number of rotatable bonds is 4. The summed E-state index contributed by atoms with van der Waals surface area (Å²) in [6.45, 7) is 1.98. The van der Waals surface area contributed by atoms with Crippen molar-refractivity contribution in [2.24, 2.45) is 11.5 Å². The van der Waals surface area contributed by atoms with Crippen LogP contribution in [0.25, 0.3) is 0 Å². The highest BCUT2D eigenvalue weighted by molar-refractivity contribution is 7.73. The smallest absolute Gasteiger partial charge is 0.216 e. The average molecular weight is 178 g/mol. The highest BCUT2D eigenvalue weighted by Gasteiger charge is 2.06. The van der Waals surface area contributed by atoms with Crippen molar-refractivity contribution in [3.63, 3.8) is 0 Å². The van der Waals surface area contributed by atoms with Gasteiger partial charge in [0.2, 0.25) is 10.3 Å². The van der Waals surface area contributed by atoms with Crippen molar-refractivity contribution in [2.45, 2.75) is 32.4 Å². The van der Waals surface area contributed by atoms with Crippen molar-refractivity contribution in [3.8, 4) is 0 Å². The van der Waals surface area contributed by atoms with Gasteiger partial charge in [0, 0.05) is 0 Å². The molecule has 0 aliphatic carbocycles. The largest absolute Gasteiger partial charge is 0.312 e. The molecule has 0 aromatic carbocycles. The first-order valence-corrected chi connectivity index (χ1v) is 4.63. The van der Waals surface area contributed by atoms with Gasteiger partial charge in [-0.2, -0.15) is 8.42 Å². The van der Waals surface area contributed by atoms with E-state index in [1.54, 1.807) is 0 Å². The molecule has 0 fully saturated rings. The Hall–Kier alpha value is -0.390. The molecule has 0 rings (SSSR count). The summed E-state index contributed by atoms with van der Waals surface area (Å²) in [5.41, 5.74) is 10.5. The maximum Gasteiger partial charge on any atom is 0.216 e. The summed E-state index contributed by atoms with van der Waals surface area (Å²) in [7, 11) is -2.22. The third-order valence-electron chi connectivity index (χ3n) is 1.36. The van der Waals surface area contributed by atoms with Gasteiger partial charge in [-0.1, -0.05) is 13.3 Å².